The number of halogens is 1. The van der Waals surface area contributed by atoms with Crippen LogP contribution in [-0.2, 0) is 5.45 Å². The normalized spacial score (nSPS) is 10.6. The average molecular weight is 256 g/mol. The molecule has 2 aromatic rings. The summed E-state index contributed by atoms with van der Waals surface area (Å²) >= 11 is 3.23. The number of nitrogens with two attached hydrogens (primary N) is 1. The van der Waals surface area contributed by atoms with Crippen LogP contribution in [0.1, 0.15) is 0 Å². The van der Waals surface area contributed by atoms with Crippen molar-refractivity contribution >= 4 is 33.0 Å². The van der Waals surface area contributed by atoms with Crippen molar-refractivity contribution in [3.63, 3.8) is 0 Å². The van der Waals surface area contributed by atoms with Crippen LogP contribution < -0.4 is 11.3 Å². The van der Waals surface area contributed by atoms with Crippen LogP contribution in [-0.4, -0.2) is 19.5 Å². The summed E-state index contributed by atoms with van der Waals surface area (Å²) in [6.45, 7) is 0. The molecule has 0 fully saturated rings. The summed E-state index contributed by atoms with van der Waals surface area (Å²) in [4.78, 5) is 22.9. The maximum Gasteiger partial charge on any atom is 0.302 e. The molecule has 0 aliphatic carbocycles. The van der Waals surface area contributed by atoms with Crippen LogP contribution in [0.2, 0.25) is 0 Å². The highest BCUT2D eigenvalue weighted by Crippen LogP contribution is 2.08. The van der Waals surface area contributed by atoms with Crippen molar-refractivity contribution in [1.29, 1.82) is 0 Å². The van der Waals surface area contributed by atoms with Crippen LogP contribution in [0.3, 0.4) is 0 Å². The minimum absolute atomic E-state index is 0.125. The van der Waals surface area contributed by atoms with Gasteiger partial charge in [-0.05, 0) is 0 Å². The largest absolute Gasteiger partial charge is 0.369 e. The topological polar surface area (TPSA) is 86.7 Å². The third-order valence-electron chi connectivity index (χ3n) is 1.75. The van der Waals surface area contributed by atoms with E-state index >= 15 is 0 Å². The molecule has 7 heteroatoms. The van der Waals surface area contributed by atoms with Gasteiger partial charge in [0, 0.05) is 12.4 Å². The highest BCUT2D eigenvalue weighted by atomic mass is 79.9. The summed E-state index contributed by atoms with van der Waals surface area (Å²) in [5, 5.41) is 0. The molecule has 0 unspecified atom stereocenters. The Bertz CT molecular complexity index is 537. The van der Waals surface area contributed by atoms with E-state index in [0.717, 1.165) is 0 Å². The maximum atomic E-state index is 11.3. The van der Waals surface area contributed by atoms with Gasteiger partial charge in [0.15, 0.2) is 11.2 Å². The minimum atomic E-state index is -0.456. The van der Waals surface area contributed by atoms with Gasteiger partial charge in [0.2, 0.25) is 5.95 Å². The van der Waals surface area contributed by atoms with E-state index in [1.807, 2.05) is 0 Å². The van der Waals surface area contributed by atoms with E-state index in [4.69, 9.17) is 5.73 Å². The van der Waals surface area contributed by atoms with Gasteiger partial charge >= 0.3 is 5.56 Å². The fraction of sp³-hybridized carbons (Fsp3) is 0.143. The number of nitrogens with zero attached hydrogens (tertiary/aromatic N) is 4. The fourth-order valence-corrected chi connectivity index (χ4v) is 1.62. The molecule has 0 amide bonds. The Morgan fingerprint density at radius 2 is 2.14 bits per heavy atom. The molecule has 72 valence electrons. The predicted octanol–water partition coefficient (Wildman–Crippen LogP) is 0.121. The molecule has 0 bridgehead atoms. The number of hydrogen-bond donors (Lipinski definition) is 1. The molecule has 0 aliphatic heterocycles. The van der Waals surface area contributed by atoms with Gasteiger partial charge in [-0.1, -0.05) is 15.9 Å². The summed E-state index contributed by atoms with van der Waals surface area (Å²) in [6, 6.07) is 0. The first-order valence-electron chi connectivity index (χ1n) is 3.77. The third-order valence-corrected chi connectivity index (χ3v) is 2.25. The minimum Gasteiger partial charge on any atom is -0.369 e. The lowest BCUT2D eigenvalue weighted by Crippen LogP contribution is -2.18. The lowest BCUT2D eigenvalue weighted by atomic mass is 10.5. The maximum absolute atomic E-state index is 11.3. The standard InChI is InChI=1S/C7H6BrN5O/c8-3-13-5-4(10-1-2-11-5)6(14)12-7(13)9/h1-2H,3H2,(H2,9,12,14). The average Bonchev–Trinajstić information content (AvgIpc) is 2.18. The molecule has 2 heterocycles. The Balaban J connectivity index is 2.98. The molecule has 0 saturated heterocycles. The molecular weight excluding hydrogens is 250 g/mol. The smallest absolute Gasteiger partial charge is 0.302 e. The highest BCUT2D eigenvalue weighted by molar-refractivity contribution is 9.08. The van der Waals surface area contributed by atoms with Crippen LogP contribution in [0.5, 0.6) is 0 Å². The first-order valence-corrected chi connectivity index (χ1v) is 4.89. The van der Waals surface area contributed by atoms with Crippen LogP contribution in [0.25, 0.3) is 11.2 Å². The van der Waals surface area contributed by atoms with Gasteiger partial charge in [0.05, 0.1) is 5.45 Å². The number of aromatic nitrogens is 4. The van der Waals surface area contributed by atoms with Gasteiger partial charge in [0.25, 0.3) is 0 Å². The molecular formula is C7H6BrN5O. The van der Waals surface area contributed by atoms with E-state index in [-0.39, 0.29) is 11.5 Å². The Morgan fingerprint density at radius 1 is 1.43 bits per heavy atom. The van der Waals surface area contributed by atoms with Crippen molar-refractivity contribution in [3.8, 4) is 0 Å². The summed E-state index contributed by atoms with van der Waals surface area (Å²) in [5.74, 6) is 0.125. The van der Waals surface area contributed by atoms with E-state index in [9.17, 15) is 4.79 Å². The summed E-state index contributed by atoms with van der Waals surface area (Å²) in [6.07, 6.45) is 2.94. The predicted molar refractivity (Wildman–Crippen MR) is 54.9 cm³/mol. The second-order valence-corrected chi connectivity index (χ2v) is 3.05. The van der Waals surface area contributed by atoms with Gasteiger partial charge in [-0.2, -0.15) is 4.98 Å². The van der Waals surface area contributed by atoms with E-state index < -0.39 is 5.56 Å². The van der Waals surface area contributed by atoms with Crippen molar-refractivity contribution < 1.29 is 0 Å². The molecule has 0 aromatic carbocycles. The molecule has 0 saturated carbocycles. The molecule has 14 heavy (non-hydrogen) atoms. The number of alkyl halides is 1. The Hall–Kier alpha value is -1.50. The highest BCUT2D eigenvalue weighted by Gasteiger charge is 2.08. The Kier molecular flexibility index (Phi) is 2.16. The number of anilines is 1. The second kappa shape index (κ2) is 3.33. The first kappa shape index (κ1) is 9.07. The van der Waals surface area contributed by atoms with E-state index in [0.29, 0.717) is 11.1 Å². The van der Waals surface area contributed by atoms with E-state index in [1.54, 1.807) is 4.57 Å². The van der Waals surface area contributed by atoms with Crippen molar-refractivity contribution in [3.05, 3.63) is 22.7 Å². The van der Waals surface area contributed by atoms with Gasteiger partial charge in [0.1, 0.15) is 0 Å². The molecule has 2 aromatic heterocycles. The lowest BCUT2D eigenvalue weighted by Gasteiger charge is -2.06. The molecule has 6 nitrogen and oxygen atoms in total. The summed E-state index contributed by atoms with van der Waals surface area (Å²) < 4.78 is 1.56. The van der Waals surface area contributed by atoms with Gasteiger partial charge in [-0.3, -0.25) is 9.36 Å². The molecule has 0 atom stereocenters. The number of fused-ring (bicyclic) bond motifs is 1. The molecule has 2 N–H and O–H groups in total. The van der Waals surface area contributed by atoms with Crippen molar-refractivity contribution in [2.75, 3.05) is 5.73 Å². The Labute approximate surface area is 86.9 Å². The number of nitrogen functional groups attached to an aromatic ring is 1. The molecule has 0 spiro atoms. The third kappa shape index (κ3) is 1.25. The van der Waals surface area contributed by atoms with Crippen LogP contribution >= 0.6 is 15.9 Å². The quantitative estimate of drug-likeness (QED) is 0.732. The van der Waals surface area contributed by atoms with Crippen molar-refractivity contribution in [2.45, 2.75) is 5.45 Å². The number of rotatable bonds is 1. The monoisotopic (exact) mass is 255 g/mol. The van der Waals surface area contributed by atoms with Crippen LogP contribution in [0.4, 0.5) is 5.95 Å². The zero-order chi connectivity index (χ0) is 10.1. The molecule has 0 radical (unpaired) electrons. The van der Waals surface area contributed by atoms with Gasteiger partial charge in [-0.15, -0.1) is 0 Å². The van der Waals surface area contributed by atoms with Gasteiger partial charge in [-0.25, -0.2) is 9.97 Å². The Morgan fingerprint density at radius 3 is 2.86 bits per heavy atom. The fourth-order valence-electron chi connectivity index (χ4n) is 1.12. The van der Waals surface area contributed by atoms with Crippen molar-refractivity contribution in [2.24, 2.45) is 0 Å². The van der Waals surface area contributed by atoms with Crippen LogP contribution in [0, 0.1) is 0 Å². The summed E-state index contributed by atoms with van der Waals surface area (Å²) in [5.41, 5.74) is 6.17. The zero-order valence-corrected chi connectivity index (χ0v) is 8.60. The van der Waals surface area contributed by atoms with E-state index in [2.05, 4.69) is 30.9 Å². The van der Waals surface area contributed by atoms with Crippen molar-refractivity contribution in [1.82, 2.24) is 19.5 Å². The zero-order valence-electron chi connectivity index (χ0n) is 7.01. The number of hydrogen-bond acceptors (Lipinski definition) is 5. The SMILES string of the molecule is Nc1nc(=O)c2nccnc2n1CBr. The van der Waals surface area contributed by atoms with Gasteiger partial charge < -0.3 is 5.73 Å². The lowest BCUT2D eigenvalue weighted by molar-refractivity contribution is 0.887. The van der Waals surface area contributed by atoms with Crippen LogP contribution in [0.15, 0.2) is 17.2 Å². The summed E-state index contributed by atoms with van der Waals surface area (Å²) in [7, 11) is 0. The molecule has 2 rings (SSSR count). The first-order chi connectivity index (χ1) is 6.74. The second-order valence-electron chi connectivity index (χ2n) is 2.55. The molecule has 0 aliphatic rings. The van der Waals surface area contributed by atoms with E-state index in [1.165, 1.54) is 12.4 Å².